The van der Waals surface area contributed by atoms with E-state index in [1.54, 1.807) is 0 Å². The van der Waals surface area contributed by atoms with Crippen LogP contribution in [0, 0.1) is 25.0 Å². The number of unbranched alkanes of at least 4 members (excludes halogenated alkanes) is 2. The molecular weight excluding hydrogens is 716 g/mol. The van der Waals surface area contributed by atoms with Crippen molar-refractivity contribution in [2.75, 3.05) is 7.05 Å². The molecule has 1 saturated carbocycles. The normalized spacial score (nSPS) is 10.8. The predicted octanol–water partition coefficient (Wildman–Crippen LogP) is 16.6. The molecule has 0 spiro atoms. The molecule has 1 rings (SSSR count). The van der Waals surface area contributed by atoms with Gasteiger partial charge in [0.05, 0.1) is 5.70 Å². The van der Waals surface area contributed by atoms with Crippen LogP contribution in [-0.2, 0) is 0 Å². The summed E-state index contributed by atoms with van der Waals surface area (Å²) in [6, 6.07) is 0. The second-order valence-corrected chi connectivity index (χ2v) is 12.2. The van der Waals surface area contributed by atoms with Crippen molar-refractivity contribution >= 4 is 5.71 Å². The number of rotatable bonds is 13. The van der Waals surface area contributed by atoms with Gasteiger partial charge >= 0.3 is 51.4 Å². The summed E-state index contributed by atoms with van der Waals surface area (Å²) in [4.78, 5) is 4.30. The topological polar surface area (TPSA) is 24.4 Å². The number of hydrogen-bond donors (Lipinski definition) is 1. The van der Waals surface area contributed by atoms with Gasteiger partial charge < -0.3 is 12.2 Å². The zero-order valence-corrected chi connectivity index (χ0v) is 47.0. The molecular formula is C54H108KN2-. The van der Waals surface area contributed by atoms with E-state index in [0.29, 0.717) is 0 Å². The summed E-state index contributed by atoms with van der Waals surface area (Å²) in [5, 5.41) is 2.83. The van der Waals surface area contributed by atoms with Crippen LogP contribution in [0.4, 0.5) is 0 Å². The van der Waals surface area contributed by atoms with Gasteiger partial charge in [0.15, 0.2) is 0 Å². The van der Waals surface area contributed by atoms with E-state index in [9.17, 15) is 0 Å². The Labute approximate surface area is 408 Å². The van der Waals surface area contributed by atoms with Gasteiger partial charge in [-0.3, -0.25) is 4.99 Å². The van der Waals surface area contributed by atoms with Crippen molar-refractivity contribution in [1.82, 2.24) is 5.32 Å². The van der Waals surface area contributed by atoms with E-state index < -0.39 is 0 Å². The summed E-state index contributed by atoms with van der Waals surface area (Å²) in [7, 11) is 1.86. The van der Waals surface area contributed by atoms with Gasteiger partial charge in [-0.25, -0.2) is 12.2 Å². The van der Waals surface area contributed by atoms with Crippen molar-refractivity contribution in [2.45, 2.75) is 210 Å². The van der Waals surface area contributed by atoms with Crippen LogP contribution in [0.15, 0.2) is 108 Å². The minimum Gasteiger partial charge on any atom is -0.479 e. The molecule has 0 aromatic carbocycles. The molecule has 0 saturated heterocycles. The number of nitrogens with zero attached hydrogens (tertiary/aromatic N) is 1. The Balaban J connectivity index is -0.0000000488. The van der Waals surface area contributed by atoms with Crippen LogP contribution in [0.25, 0.3) is 0 Å². The SMILES string of the molecule is C/C=C/CC.C=C.C=C(N=C(C)C)/C(C)=C\C=C/CCC.C=CC(C)=CCC.CC.CC.CC.CCC(C)C.CCCC.CN[C-]=C/C=C(\C)C1CC1.[CH2-]CC.[K+]. The third-order valence-corrected chi connectivity index (χ3v) is 6.18. The first kappa shape index (κ1) is 83.5. The van der Waals surface area contributed by atoms with Gasteiger partial charge in [-0.1, -0.05) is 198 Å². The maximum atomic E-state index is 4.30. The summed E-state index contributed by atoms with van der Waals surface area (Å²) in [5.74, 6) is 1.77. The molecule has 0 atom stereocenters. The van der Waals surface area contributed by atoms with Gasteiger partial charge in [-0.15, -0.1) is 13.2 Å². The first-order chi connectivity index (χ1) is 26.7. The molecule has 3 heteroatoms. The fourth-order valence-electron chi connectivity index (χ4n) is 2.50. The zero-order valence-electron chi connectivity index (χ0n) is 43.9. The van der Waals surface area contributed by atoms with Crippen LogP contribution < -0.4 is 56.7 Å². The molecule has 0 bridgehead atoms. The first-order valence-corrected chi connectivity index (χ1v) is 22.4. The molecule has 0 amide bonds. The second-order valence-electron chi connectivity index (χ2n) is 12.2. The molecule has 2 nitrogen and oxygen atoms in total. The second kappa shape index (κ2) is 90.8. The average molecular weight is 825 g/mol. The Morgan fingerprint density at radius 2 is 1.25 bits per heavy atom. The van der Waals surface area contributed by atoms with Gasteiger partial charge in [-0.05, 0) is 91.2 Å². The van der Waals surface area contributed by atoms with Gasteiger partial charge in [0, 0.05) is 5.71 Å². The smallest absolute Gasteiger partial charge is 0.479 e. The van der Waals surface area contributed by atoms with Crippen molar-refractivity contribution in [3.63, 3.8) is 0 Å². The minimum absolute atomic E-state index is 0. The van der Waals surface area contributed by atoms with Crippen molar-refractivity contribution in [3.05, 3.63) is 117 Å². The van der Waals surface area contributed by atoms with Crippen LogP contribution in [0.2, 0.25) is 0 Å². The Hall–Kier alpha value is -1.23. The Bertz CT molecular complexity index is 885. The fourth-order valence-corrected chi connectivity index (χ4v) is 2.50. The standard InChI is InChI=1S/C13H21N.C9H14N.C7H12.C5H12.C5H10.C4H10.C3H7.3C2H6.C2H4.K/c1-6-7-8-9-10-12(4)13(5)14-11(2)3;1-8(9-5-6-9)4-3-7-10-2;1-4-6-7(3)5-2;1-4-5(2)3;1-3-5-4-2;1-3-4-2;1-3-2;4*1-2;/h8-10H,5-7H2,1-4H3;3-4,9-10H,5-6H2,1-2H3;5-6H,2,4H2,1,3H3;5H,4H2,1-3H3;3,5H,4H2,1-2H3;3-4H2,1-2H3;1,3H2,2H3;3*1-2H3;1-2H2;/q;-1;;;;;-1;;;;;+1/b9-8-,12-10-;8-4+;;;5-3+;;;;;;;. The Kier molecular flexibility index (Phi) is 133. The summed E-state index contributed by atoms with van der Waals surface area (Å²) in [6.07, 6.45) is 33.8. The third kappa shape index (κ3) is 126. The van der Waals surface area contributed by atoms with Crippen molar-refractivity contribution in [1.29, 1.82) is 0 Å². The predicted molar refractivity (Wildman–Crippen MR) is 275 cm³/mol. The van der Waals surface area contributed by atoms with Gasteiger partial charge in [-0.2, -0.15) is 18.2 Å². The Morgan fingerprint density at radius 1 is 0.807 bits per heavy atom. The van der Waals surface area contributed by atoms with E-state index in [4.69, 9.17) is 0 Å². The van der Waals surface area contributed by atoms with Crippen LogP contribution in [0.1, 0.15) is 210 Å². The molecule has 0 unspecified atom stereocenters. The molecule has 1 aliphatic carbocycles. The van der Waals surface area contributed by atoms with Crippen molar-refractivity contribution in [2.24, 2.45) is 16.8 Å². The number of hydrogen-bond acceptors (Lipinski definition) is 2. The van der Waals surface area contributed by atoms with Crippen LogP contribution in [-0.4, -0.2) is 12.8 Å². The first-order valence-electron chi connectivity index (χ1n) is 22.4. The van der Waals surface area contributed by atoms with Gasteiger partial charge in [0.25, 0.3) is 0 Å². The molecule has 0 aliphatic heterocycles. The molecule has 0 radical (unpaired) electrons. The zero-order chi connectivity index (χ0) is 46.6. The van der Waals surface area contributed by atoms with Crippen molar-refractivity contribution < 1.29 is 51.4 Å². The molecule has 336 valence electrons. The maximum absolute atomic E-state index is 4.30. The average Bonchev–Trinajstić information content (AvgIpc) is 4.07. The quantitative estimate of drug-likeness (QED) is 0.0491. The van der Waals surface area contributed by atoms with E-state index in [0.717, 1.165) is 54.5 Å². The van der Waals surface area contributed by atoms with Gasteiger partial charge in [0.2, 0.25) is 0 Å². The summed E-state index contributed by atoms with van der Waals surface area (Å²) in [5.41, 5.74) is 5.77. The largest absolute Gasteiger partial charge is 1.00 e. The Morgan fingerprint density at radius 3 is 1.47 bits per heavy atom. The molecule has 1 fully saturated rings. The van der Waals surface area contributed by atoms with Crippen LogP contribution in [0.5, 0.6) is 0 Å². The summed E-state index contributed by atoms with van der Waals surface area (Å²) >= 11 is 0. The molecule has 1 N–H and O–H groups in total. The van der Waals surface area contributed by atoms with E-state index in [1.807, 2.05) is 95.4 Å². The van der Waals surface area contributed by atoms with E-state index in [-0.39, 0.29) is 51.4 Å². The monoisotopic (exact) mass is 824 g/mol. The summed E-state index contributed by atoms with van der Waals surface area (Å²) in [6.45, 7) is 60.7. The number of aliphatic imine (C=N–C) groups is 1. The van der Waals surface area contributed by atoms with Gasteiger partial charge in [0.1, 0.15) is 0 Å². The maximum Gasteiger partial charge on any atom is 1.00 e. The van der Waals surface area contributed by atoms with E-state index in [2.05, 4.69) is 162 Å². The molecule has 0 heterocycles. The van der Waals surface area contributed by atoms with E-state index >= 15 is 0 Å². The minimum atomic E-state index is 0. The molecule has 0 aromatic rings. The summed E-state index contributed by atoms with van der Waals surface area (Å²) < 4.78 is 0. The van der Waals surface area contributed by atoms with Crippen LogP contribution >= 0.6 is 0 Å². The van der Waals surface area contributed by atoms with Crippen molar-refractivity contribution in [3.8, 4) is 0 Å². The number of allylic oxidation sites excluding steroid dienone is 12. The third-order valence-electron chi connectivity index (χ3n) is 6.18. The fraction of sp³-hybridized carbons (Fsp3) is 0.630. The molecule has 0 aromatic heterocycles. The van der Waals surface area contributed by atoms with E-state index in [1.165, 1.54) is 49.7 Å². The van der Waals surface area contributed by atoms with Crippen LogP contribution in [0.3, 0.4) is 0 Å². The molecule has 1 aliphatic rings. The number of nitrogens with one attached hydrogen (secondary N) is 1. The molecule has 57 heavy (non-hydrogen) atoms.